The Bertz CT molecular complexity index is 243. The molecule has 16 heavy (non-hydrogen) atoms. The van der Waals surface area contributed by atoms with Crippen LogP contribution >= 0.6 is 11.8 Å². The van der Waals surface area contributed by atoms with Crippen molar-refractivity contribution in [1.29, 1.82) is 0 Å². The quantitative estimate of drug-likeness (QED) is 0.550. The number of hydrogen-bond acceptors (Lipinski definition) is 4. The van der Waals surface area contributed by atoms with Gasteiger partial charge < -0.3 is 5.32 Å². The normalized spacial score (nSPS) is 11.9. The van der Waals surface area contributed by atoms with Crippen LogP contribution in [-0.4, -0.2) is 45.8 Å². The predicted molar refractivity (Wildman–Crippen MR) is 72.6 cm³/mol. The highest BCUT2D eigenvalue weighted by molar-refractivity contribution is 7.98. The fourth-order valence-electron chi connectivity index (χ4n) is 1.24. The molecule has 0 atom stereocenters. The zero-order valence-electron chi connectivity index (χ0n) is 10.3. The summed E-state index contributed by atoms with van der Waals surface area (Å²) in [6, 6.07) is 0. The fourth-order valence-corrected chi connectivity index (χ4v) is 2.85. The molecule has 0 rings (SSSR count). The summed E-state index contributed by atoms with van der Waals surface area (Å²) in [6.07, 6.45) is 4.73. The van der Waals surface area contributed by atoms with Gasteiger partial charge in [0.05, 0.1) is 5.75 Å². The zero-order valence-corrected chi connectivity index (χ0v) is 11.9. The standard InChI is InChI=1S/C10H24N2O2S2/c1-3-11-7-6-10-16(13,14)12-8-4-5-9-15-2/h11-12H,3-10H2,1-2H3. The van der Waals surface area contributed by atoms with Crippen molar-refractivity contribution in [3.05, 3.63) is 0 Å². The Morgan fingerprint density at radius 3 is 2.50 bits per heavy atom. The molecule has 0 saturated heterocycles. The van der Waals surface area contributed by atoms with Crippen LogP contribution in [0.25, 0.3) is 0 Å². The Hall–Kier alpha value is 0.220. The lowest BCUT2D eigenvalue weighted by atomic mass is 10.3. The van der Waals surface area contributed by atoms with E-state index < -0.39 is 10.0 Å². The summed E-state index contributed by atoms with van der Waals surface area (Å²) < 4.78 is 25.6. The van der Waals surface area contributed by atoms with Crippen LogP contribution in [0.4, 0.5) is 0 Å². The summed E-state index contributed by atoms with van der Waals surface area (Å²) >= 11 is 1.79. The molecule has 0 saturated carbocycles. The second-order valence-electron chi connectivity index (χ2n) is 3.62. The molecule has 0 aliphatic heterocycles. The minimum Gasteiger partial charge on any atom is -0.317 e. The predicted octanol–water partition coefficient (Wildman–Crippen LogP) is 1.05. The van der Waals surface area contributed by atoms with Crippen LogP contribution in [0.5, 0.6) is 0 Å². The molecule has 0 radical (unpaired) electrons. The van der Waals surface area contributed by atoms with E-state index in [4.69, 9.17) is 0 Å². The number of sulfonamides is 1. The molecule has 0 heterocycles. The van der Waals surface area contributed by atoms with Crippen molar-refractivity contribution >= 4 is 21.8 Å². The van der Waals surface area contributed by atoms with Gasteiger partial charge in [0.2, 0.25) is 10.0 Å². The van der Waals surface area contributed by atoms with Crippen molar-refractivity contribution in [1.82, 2.24) is 10.0 Å². The van der Waals surface area contributed by atoms with Crippen molar-refractivity contribution in [2.75, 3.05) is 37.4 Å². The highest BCUT2D eigenvalue weighted by Crippen LogP contribution is 1.98. The van der Waals surface area contributed by atoms with Crippen molar-refractivity contribution in [3.63, 3.8) is 0 Å². The van der Waals surface area contributed by atoms with E-state index in [-0.39, 0.29) is 5.75 Å². The van der Waals surface area contributed by atoms with Crippen LogP contribution < -0.4 is 10.0 Å². The van der Waals surface area contributed by atoms with Gasteiger partial charge in [-0.25, -0.2) is 13.1 Å². The van der Waals surface area contributed by atoms with E-state index in [1.165, 1.54) is 0 Å². The van der Waals surface area contributed by atoms with Gasteiger partial charge in [0.15, 0.2) is 0 Å². The smallest absolute Gasteiger partial charge is 0.211 e. The molecule has 0 fully saturated rings. The van der Waals surface area contributed by atoms with Crippen molar-refractivity contribution in [2.45, 2.75) is 26.2 Å². The molecular formula is C10H24N2O2S2. The number of hydrogen-bond donors (Lipinski definition) is 2. The van der Waals surface area contributed by atoms with Crippen LogP contribution in [-0.2, 0) is 10.0 Å². The summed E-state index contributed by atoms with van der Waals surface area (Å²) in [5, 5.41) is 3.11. The molecule has 0 bridgehead atoms. The molecule has 4 nitrogen and oxygen atoms in total. The minimum absolute atomic E-state index is 0.225. The molecule has 0 aromatic carbocycles. The van der Waals surface area contributed by atoms with Gasteiger partial charge in [-0.2, -0.15) is 11.8 Å². The highest BCUT2D eigenvalue weighted by Gasteiger charge is 2.07. The van der Waals surface area contributed by atoms with Crippen LogP contribution in [0.2, 0.25) is 0 Å². The van der Waals surface area contributed by atoms with Crippen molar-refractivity contribution < 1.29 is 8.42 Å². The van der Waals surface area contributed by atoms with E-state index in [9.17, 15) is 8.42 Å². The summed E-state index contributed by atoms with van der Waals surface area (Å²) in [6.45, 7) is 4.24. The second kappa shape index (κ2) is 10.4. The molecule has 0 spiro atoms. The third-order valence-corrected chi connectivity index (χ3v) is 4.28. The largest absolute Gasteiger partial charge is 0.317 e. The average Bonchev–Trinajstić information content (AvgIpc) is 2.24. The van der Waals surface area contributed by atoms with Gasteiger partial charge in [-0.15, -0.1) is 0 Å². The second-order valence-corrected chi connectivity index (χ2v) is 6.53. The molecule has 98 valence electrons. The Morgan fingerprint density at radius 1 is 1.12 bits per heavy atom. The maximum Gasteiger partial charge on any atom is 0.211 e. The maximum atomic E-state index is 11.5. The number of thioether (sulfide) groups is 1. The molecule has 6 heteroatoms. The average molecular weight is 268 g/mol. The van der Waals surface area contributed by atoms with E-state index in [0.29, 0.717) is 13.0 Å². The first-order chi connectivity index (χ1) is 7.62. The topological polar surface area (TPSA) is 58.2 Å². The maximum absolute atomic E-state index is 11.5. The Kier molecular flexibility index (Phi) is 10.5. The van der Waals surface area contributed by atoms with Crippen LogP contribution in [0.1, 0.15) is 26.2 Å². The third-order valence-electron chi connectivity index (χ3n) is 2.11. The van der Waals surface area contributed by atoms with E-state index in [1.807, 2.05) is 6.92 Å². The monoisotopic (exact) mass is 268 g/mol. The Morgan fingerprint density at radius 2 is 1.88 bits per heavy atom. The first-order valence-electron chi connectivity index (χ1n) is 5.79. The summed E-state index contributed by atoms with van der Waals surface area (Å²) in [7, 11) is -3.05. The molecule has 0 aliphatic rings. The highest BCUT2D eigenvalue weighted by atomic mass is 32.2. The molecule has 2 N–H and O–H groups in total. The fraction of sp³-hybridized carbons (Fsp3) is 1.00. The number of nitrogens with one attached hydrogen (secondary N) is 2. The first kappa shape index (κ1) is 16.2. The van der Waals surface area contributed by atoms with Gasteiger partial charge in [-0.1, -0.05) is 6.92 Å². The Labute approximate surface area is 104 Å². The van der Waals surface area contributed by atoms with E-state index in [2.05, 4.69) is 16.3 Å². The lowest BCUT2D eigenvalue weighted by Crippen LogP contribution is -2.29. The molecule has 0 amide bonds. The summed E-state index contributed by atoms with van der Waals surface area (Å²) in [5.74, 6) is 1.32. The molecule has 0 aromatic rings. The van der Waals surface area contributed by atoms with Crippen LogP contribution in [0, 0.1) is 0 Å². The van der Waals surface area contributed by atoms with Gasteiger partial charge in [0.25, 0.3) is 0 Å². The Balaban J connectivity index is 3.47. The molecule has 0 unspecified atom stereocenters. The van der Waals surface area contributed by atoms with E-state index in [0.717, 1.165) is 31.7 Å². The number of rotatable bonds is 11. The summed E-state index contributed by atoms with van der Waals surface area (Å²) in [4.78, 5) is 0. The zero-order chi connectivity index (χ0) is 12.3. The lowest BCUT2D eigenvalue weighted by Gasteiger charge is -2.06. The van der Waals surface area contributed by atoms with Crippen molar-refractivity contribution in [2.24, 2.45) is 0 Å². The van der Waals surface area contributed by atoms with E-state index >= 15 is 0 Å². The summed E-state index contributed by atoms with van der Waals surface area (Å²) in [5.41, 5.74) is 0. The van der Waals surface area contributed by atoms with E-state index in [1.54, 1.807) is 11.8 Å². The van der Waals surface area contributed by atoms with Crippen molar-refractivity contribution in [3.8, 4) is 0 Å². The van der Waals surface area contributed by atoms with Gasteiger partial charge >= 0.3 is 0 Å². The molecule has 0 aliphatic carbocycles. The molecule has 0 aromatic heterocycles. The lowest BCUT2D eigenvalue weighted by molar-refractivity contribution is 0.573. The van der Waals surface area contributed by atoms with Gasteiger partial charge in [-0.05, 0) is 44.4 Å². The minimum atomic E-state index is -3.05. The first-order valence-corrected chi connectivity index (χ1v) is 8.84. The van der Waals surface area contributed by atoms with Gasteiger partial charge in [-0.3, -0.25) is 0 Å². The van der Waals surface area contributed by atoms with Crippen LogP contribution in [0.3, 0.4) is 0 Å². The van der Waals surface area contributed by atoms with Gasteiger partial charge in [0, 0.05) is 6.54 Å². The van der Waals surface area contributed by atoms with Gasteiger partial charge in [0.1, 0.15) is 0 Å². The SMILES string of the molecule is CCNCCCS(=O)(=O)NCCCCSC. The van der Waals surface area contributed by atoms with Crippen LogP contribution in [0.15, 0.2) is 0 Å². The number of unbranched alkanes of at least 4 members (excludes halogenated alkanes) is 1. The molecular weight excluding hydrogens is 244 g/mol. The third kappa shape index (κ3) is 10.7.